The minimum atomic E-state index is -3.45. The average Bonchev–Trinajstić information content (AvgIpc) is 3.45. The van der Waals surface area contributed by atoms with Gasteiger partial charge in [0.1, 0.15) is 0 Å². The van der Waals surface area contributed by atoms with E-state index in [2.05, 4.69) is 42.8 Å². The Balaban J connectivity index is 0.00000320. The van der Waals surface area contributed by atoms with Gasteiger partial charge in [-0.1, -0.05) is 18.2 Å². The van der Waals surface area contributed by atoms with Crippen LogP contribution in [0.1, 0.15) is 29.3 Å². The second-order valence-electron chi connectivity index (χ2n) is 6.94. The van der Waals surface area contributed by atoms with E-state index in [0.717, 1.165) is 25.2 Å². The fraction of sp³-hybridized carbons (Fsp3) is 0.450. The molecule has 1 atom stereocenters. The number of rotatable bonds is 8. The van der Waals surface area contributed by atoms with E-state index in [0.29, 0.717) is 18.5 Å². The summed E-state index contributed by atoms with van der Waals surface area (Å²) >= 11 is 1.79. The van der Waals surface area contributed by atoms with Gasteiger partial charge >= 0.3 is 0 Å². The van der Waals surface area contributed by atoms with Gasteiger partial charge in [0.15, 0.2) is 5.96 Å². The summed E-state index contributed by atoms with van der Waals surface area (Å²) in [5.74, 6) is 0.702. The number of nitrogens with one attached hydrogen (secondary N) is 3. The molecule has 0 bridgehead atoms. The third kappa shape index (κ3) is 6.64. The number of hydrogen-bond donors (Lipinski definition) is 3. The van der Waals surface area contributed by atoms with Gasteiger partial charge < -0.3 is 10.6 Å². The van der Waals surface area contributed by atoms with Crippen molar-refractivity contribution < 1.29 is 8.42 Å². The maximum atomic E-state index is 12.0. The first-order valence-corrected chi connectivity index (χ1v) is 12.1. The van der Waals surface area contributed by atoms with E-state index in [1.54, 1.807) is 36.6 Å². The van der Waals surface area contributed by atoms with Crippen LogP contribution in [0.5, 0.6) is 0 Å². The number of benzene rings is 1. The number of aliphatic imine (C=N–C) groups is 1. The van der Waals surface area contributed by atoms with Crippen molar-refractivity contribution in [2.45, 2.75) is 30.3 Å². The zero-order chi connectivity index (χ0) is 20.7. The number of hydrogen-bond acceptors (Lipinski definition) is 5. The predicted octanol–water partition coefficient (Wildman–Crippen LogP) is 2.78. The van der Waals surface area contributed by atoms with Crippen molar-refractivity contribution in [3.05, 3.63) is 52.2 Å². The van der Waals surface area contributed by atoms with Gasteiger partial charge in [-0.25, -0.2) is 13.1 Å². The first-order chi connectivity index (χ1) is 14.0. The number of likely N-dealkylation sites (tertiary alicyclic amines) is 1. The Kier molecular flexibility index (Phi) is 10.0. The van der Waals surface area contributed by atoms with Crippen molar-refractivity contribution in [2.24, 2.45) is 4.99 Å². The summed E-state index contributed by atoms with van der Waals surface area (Å²) in [6, 6.07) is 11.5. The first-order valence-electron chi connectivity index (χ1n) is 9.78. The molecule has 1 aromatic carbocycles. The van der Waals surface area contributed by atoms with Crippen molar-refractivity contribution in [3.8, 4) is 0 Å². The van der Waals surface area contributed by atoms with Crippen molar-refractivity contribution in [3.63, 3.8) is 0 Å². The molecule has 1 aliphatic heterocycles. The van der Waals surface area contributed by atoms with Crippen LogP contribution in [0.2, 0.25) is 0 Å². The van der Waals surface area contributed by atoms with E-state index in [4.69, 9.17) is 0 Å². The van der Waals surface area contributed by atoms with Crippen molar-refractivity contribution >= 4 is 51.3 Å². The van der Waals surface area contributed by atoms with Crippen molar-refractivity contribution in [1.82, 2.24) is 20.3 Å². The smallest absolute Gasteiger partial charge is 0.240 e. The normalized spacial score (nSPS) is 16.1. The van der Waals surface area contributed by atoms with Crippen LogP contribution in [0.15, 0.2) is 51.7 Å². The van der Waals surface area contributed by atoms with Crippen LogP contribution in [0, 0.1) is 0 Å². The topological polar surface area (TPSA) is 85.8 Å². The molecule has 166 valence electrons. The Morgan fingerprint density at radius 1 is 1.20 bits per heavy atom. The summed E-state index contributed by atoms with van der Waals surface area (Å²) in [5, 5.41) is 8.84. The molecule has 30 heavy (non-hydrogen) atoms. The number of nitrogens with zero attached hydrogens (tertiary/aromatic N) is 2. The van der Waals surface area contributed by atoms with Gasteiger partial charge in [0.05, 0.1) is 10.9 Å². The van der Waals surface area contributed by atoms with E-state index in [-0.39, 0.29) is 28.9 Å². The monoisotopic (exact) mass is 563 g/mol. The molecule has 0 aliphatic carbocycles. The molecule has 1 aliphatic rings. The molecule has 0 saturated carbocycles. The fourth-order valence-electron chi connectivity index (χ4n) is 3.48. The Labute approximate surface area is 200 Å². The van der Waals surface area contributed by atoms with Gasteiger partial charge in [0.25, 0.3) is 0 Å². The van der Waals surface area contributed by atoms with Crippen LogP contribution in [0.3, 0.4) is 0 Å². The van der Waals surface area contributed by atoms with Gasteiger partial charge in [0.2, 0.25) is 10.0 Å². The maximum Gasteiger partial charge on any atom is 0.240 e. The standard InChI is InChI=1S/C20H29N5O2S2.HI/c1-21-20(23-14-16-7-5-8-17(13-16)29(26,27)22-2)24-15-18(19-9-6-12-28-19)25-10-3-4-11-25;/h5-9,12-13,18,22H,3-4,10-11,14-15H2,1-2H3,(H2,21,23,24);1H. The van der Waals surface area contributed by atoms with Crippen LogP contribution >= 0.6 is 35.3 Å². The van der Waals surface area contributed by atoms with Crippen LogP contribution in [0.25, 0.3) is 0 Å². The summed E-state index contributed by atoms with van der Waals surface area (Å²) in [6.07, 6.45) is 2.50. The molecule has 7 nitrogen and oxygen atoms in total. The SMILES string of the molecule is CN=C(NCc1cccc(S(=O)(=O)NC)c1)NCC(c1cccs1)N1CCCC1.I. The molecule has 1 aromatic heterocycles. The van der Waals surface area contributed by atoms with E-state index < -0.39 is 10.0 Å². The van der Waals surface area contributed by atoms with E-state index in [1.165, 1.54) is 24.8 Å². The maximum absolute atomic E-state index is 12.0. The highest BCUT2D eigenvalue weighted by molar-refractivity contribution is 14.0. The Bertz CT molecular complexity index is 913. The molecule has 3 N–H and O–H groups in total. The number of halogens is 1. The minimum Gasteiger partial charge on any atom is -0.354 e. The number of guanidine groups is 1. The second kappa shape index (κ2) is 12.0. The summed E-state index contributed by atoms with van der Waals surface area (Å²) in [5.41, 5.74) is 0.874. The van der Waals surface area contributed by atoms with Crippen LogP contribution < -0.4 is 15.4 Å². The van der Waals surface area contributed by atoms with Crippen LogP contribution in [-0.4, -0.2) is 53.0 Å². The molecular formula is C20H30IN5O2S2. The summed E-state index contributed by atoms with van der Waals surface area (Å²) in [4.78, 5) is 8.46. The quantitative estimate of drug-likeness (QED) is 0.262. The first kappa shape index (κ1) is 25.1. The predicted molar refractivity (Wildman–Crippen MR) is 134 cm³/mol. The highest BCUT2D eigenvalue weighted by atomic mass is 127. The van der Waals surface area contributed by atoms with E-state index in [1.807, 2.05) is 6.07 Å². The molecule has 1 unspecified atom stereocenters. The second-order valence-corrected chi connectivity index (χ2v) is 9.80. The van der Waals surface area contributed by atoms with Gasteiger partial charge in [-0.3, -0.25) is 9.89 Å². The molecule has 0 amide bonds. The van der Waals surface area contributed by atoms with Crippen molar-refractivity contribution in [2.75, 3.05) is 33.7 Å². The third-order valence-corrected chi connectivity index (χ3v) is 7.46. The molecule has 2 heterocycles. The molecule has 10 heteroatoms. The molecule has 0 spiro atoms. The number of thiophene rings is 1. The number of sulfonamides is 1. The van der Waals surface area contributed by atoms with E-state index in [9.17, 15) is 8.42 Å². The lowest BCUT2D eigenvalue weighted by Crippen LogP contribution is -2.42. The van der Waals surface area contributed by atoms with E-state index >= 15 is 0 Å². The summed E-state index contributed by atoms with van der Waals surface area (Å²) in [6.45, 7) is 3.51. The molecule has 0 radical (unpaired) electrons. The van der Waals surface area contributed by atoms with Crippen LogP contribution in [0.4, 0.5) is 0 Å². The Morgan fingerprint density at radius 2 is 1.97 bits per heavy atom. The largest absolute Gasteiger partial charge is 0.354 e. The highest BCUT2D eigenvalue weighted by Crippen LogP contribution is 2.27. The summed E-state index contributed by atoms with van der Waals surface area (Å²) in [7, 11) is -0.293. The van der Waals surface area contributed by atoms with Gasteiger partial charge in [-0.15, -0.1) is 35.3 Å². The lowest BCUT2D eigenvalue weighted by atomic mass is 10.2. The minimum absolute atomic E-state index is 0. The highest BCUT2D eigenvalue weighted by Gasteiger charge is 2.24. The van der Waals surface area contributed by atoms with Gasteiger partial charge in [-0.2, -0.15) is 0 Å². The Hall–Kier alpha value is -1.21. The molecule has 3 rings (SSSR count). The van der Waals surface area contributed by atoms with Crippen LogP contribution in [-0.2, 0) is 16.6 Å². The average molecular weight is 564 g/mol. The van der Waals surface area contributed by atoms with Crippen molar-refractivity contribution in [1.29, 1.82) is 0 Å². The fourth-order valence-corrected chi connectivity index (χ4v) is 5.14. The summed E-state index contributed by atoms with van der Waals surface area (Å²) < 4.78 is 26.3. The van der Waals surface area contributed by atoms with Gasteiger partial charge in [0, 0.05) is 25.0 Å². The third-order valence-electron chi connectivity index (χ3n) is 5.08. The molecule has 1 fully saturated rings. The lowest BCUT2D eigenvalue weighted by Gasteiger charge is -2.27. The zero-order valence-electron chi connectivity index (χ0n) is 17.3. The zero-order valence-corrected chi connectivity index (χ0v) is 21.3. The van der Waals surface area contributed by atoms with Gasteiger partial charge in [-0.05, 0) is 62.1 Å². The lowest BCUT2D eigenvalue weighted by molar-refractivity contribution is 0.249. The molecule has 1 saturated heterocycles. The Morgan fingerprint density at radius 3 is 2.60 bits per heavy atom. The molecular weight excluding hydrogens is 533 g/mol. The molecule has 2 aromatic rings.